The summed E-state index contributed by atoms with van der Waals surface area (Å²) in [4.78, 5) is 36.5. The Morgan fingerprint density at radius 3 is 2.75 bits per heavy atom. The van der Waals surface area contributed by atoms with E-state index in [1.165, 1.54) is 0 Å². The zero-order valence-corrected chi connectivity index (χ0v) is 9.32. The molecule has 2 heterocycles. The number of nitrogens with zero attached hydrogens (tertiary/aromatic N) is 1. The van der Waals surface area contributed by atoms with Crippen LogP contribution in [-0.2, 0) is 9.59 Å². The summed E-state index contributed by atoms with van der Waals surface area (Å²) in [7, 11) is 0. The molecule has 16 heavy (non-hydrogen) atoms. The molecule has 2 aliphatic rings. The Kier molecular flexibility index (Phi) is 2.27. The number of carbonyl (C=O) groups is 3. The number of barbiturate groups is 1. The van der Waals surface area contributed by atoms with Crippen molar-refractivity contribution in [3.8, 4) is 0 Å². The van der Waals surface area contributed by atoms with Gasteiger partial charge < -0.3 is 5.73 Å². The number of hydrogen-bond donors (Lipinski definition) is 2. The van der Waals surface area contributed by atoms with Crippen LogP contribution >= 0.6 is 0 Å². The van der Waals surface area contributed by atoms with E-state index in [2.05, 4.69) is 5.32 Å². The van der Waals surface area contributed by atoms with Crippen LogP contribution < -0.4 is 11.1 Å². The average Bonchev–Trinajstić information content (AvgIpc) is 2.32. The predicted molar refractivity (Wildman–Crippen MR) is 55.2 cm³/mol. The molecule has 4 amide bonds. The lowest BCUT2D eigenvalue weighted by Gasteiger charge is -2.31. The molecule has 3 atom stereocenters. The molecule has 0 aliphatic carbocycles. The van der Waals surface area contributed by atoms with Crippen LogP contribution in [0.1, 0.15) is 26.7 Å². The first-order valence-electron chi connectivity index (χ1n) is 5.33. The highest BCUT2D eigenvalue weighted by Crippen LogP contribution is 2.42. The number of nitrogens with two attached hydrogens (primary N) is 1. The number of urea groups is 1. The van der Waals surface area contributed by atoms with Gasteiger partial charge in [0.05, 0.1) is 0 Å². The van der Waals surface area contributed by atoms with E-state index in [1.54, 1.807) is 13.8 Å². The number of rotatable bonds is 2. The van der Waals surface area contributed by atoms with Gasteiger partial charge in [-0.2, -0.15) is 0 Å². The largest absolute Gasteiger partial charge is 0.331 e. The first-order chi connectivity index (χ1) is 7.38. The fraction of sp³-hybridized carbons (Fsp3) is 0.700. The summed E-state index contributed by atoms with van der Waals surface area (Å²) in [6.45, 7) is 3.51. The zero-order chi connectivity index (χ0) is 12.1. The van der Waals surface area contributed by atoms with Gasteiger partial charge in [0.15, 0.2) is 0 Å². The molecule has 88 valence electrons. The highest BCUT2D eigenvalue weighted by atomic mass is 16.2. The first-order valence-corrected chi connectivity index (χ1v) is 5.33. The van der Waals surface area contributed by atoms with Gasteiger partial charge in [-0.1, -0.05) is 0 Å². The third-order valence-corrected chi connectivity index (χ3v) is 3.26. The van der Waals surface area contributed by atoms with Crippen LogP contribution in [-0.4, -0.2) is 34.8 Å². The molecule has 0 aromatic rings. The van der Waals surface area contributed by atoms with Gasteiger partial charge in [-0.25, -0.2) is 4.79 Å². The Hall–Kier alpha value is -1.43. The second-order valence-corrected chi connectivity index (χ2v) is 4.75. The van der Waals surface area contributed by atoms with Gasteiger partial charge in [0.1, 0.15) is 5.41 Å². The molecule has 2 fully saturated rings. The van der Waals surface area contributed by atoms with Crippen LogP contribution in [0.15, 0.2) is 0 Å². The minimum atomic E-state index is -1.12. The lowest BCUT2D eigenvalue weighted by molar-refractivity contribution is -0.146. The van der Waals surface area contributed by atoms with Crippen molar-refractivity contribution in [2.24, 2.45) is 11.1 Å². The first kappa shape index (κ1) is 11.1. The molecule has 6 nitrogen and oxygen atoms in total. The quantitative estimate of drug-likeness (QED) is 0.624. The maximum atomic E-state index is 12.1. The van der Waals surface area contributed by atoms with Crippen molar-refractivity contribution in [1.82, 2.24) is 10.2 Å². The van der Waals surface area contributed by atoms with Gasteiger partial charge in [0, 0.05) is 12.1 Å². The molecule has 0 aromatic heterocycles. The van der Waals surface area contributed by atoms with Gasteiger partial charge in [-0.15, -0.1) is 0 Å². The maximum absolute atomic E-state index is 12.1. The van der Waals surface area contributed by atoms with Crippen LogP contribution in [0.25, 0.3) is 0 Å². The minimum absolute atomic E-state index is 0.238. The molecule has 2 bridgehead atoms. The Labute approximate surface area is 93.1 Å². The molecule has 6 heteroatoms. The van der Waals surface area contributed by atoms with Gasteiger partial charge >= 0.3 is 6.03 Å². The van der Waals surface area contributed by atoms with Crippen molar-refractivity contribution >= 4 is 17.8 Å². The standard InChI is InChI=1S/C10H15N3O3/c1-5(11)3-10-4-6(2)13(8(10)15)9(16)12-7(10)14/h5-6H,3-4,11H2,1-2H3,(H,12,14,16). The second-order valence-electron chi connectivity index (χ2n) is 4.75. The van der Waals surface area contributed by atoms with Crippen LogP contribution in [0.4, 0.5) is 4.79 Å². The van der Waals surface area contributed by atoms with Gasteiger partial charge in [-0.3, -0.25) is 19.8 Å². The lowest BCUT2D eigenvalue weighted by Crippen LogP contribution is -2.59. The highest BCUT2D eigenvalue weighted by Gasteiger charge is 2.61. The van der Waals surface area contributed by atoms with Gasteiger partial charge in [0.25, 0.3) is 0 Å². The number of hydrogen-bond acceptors (Lipinski definition) is 4. The van der Waals surface area contributed by atoms with Crippen LogP contribution in [0.2, 0.25) is 0 Å². The molecular weight excluding hydrogens is 210 g/mol. The smallest absolute Gasteiger partial charge is 0.328 e. The molecule has 3 unspecified atom stereocenters. The minimum Gasteiger partial charge on any atom is -0.328 e. The van der Waals surface area contributed by atoms with E-state index in [1.807, 2.05) is 0 Å². The molecule has 0 radical (unpaired) electrons. The van der Waals surface area contributed by atoms with Crippen molar-refractivity contribution in [1.29, 1.82) is 0 Å². The summed E-state index contributed by atoms with van der Waals surface area (Å²) in [5, 5.41) is 2.22. The van der Waals surface area contributed by atoms with E-state index in [-0.39, 0.29) is 18.5 Å². The molecule has 0 saturated carbocycles. The van der Waals surface area contributed by atoms with Crippen LogP contribution in [0, 0.1) is 5.41 Å². The van der Waals surface area contributed by atoms with E-state index in [9.17, 15) is 14.4 Å². The average molecular weight is 225 g/mol. The fourth-order valence-electron chi connectivity index (χ4n) is 2.69. The number of fused-ring (bicyclic) bond motifs is 2. The Bertz CT molecular complexity index is 380. The van der Waals surface area contributed by atoms with E-state index in [0.29, 0.717) is 6.42 Å². The predicted octanol–water partition coefficient (Wildman–Crippen LogP) is -0.419. The van der Waals surface area contributed by atoms with Crippen LogP contribution in [0.3, 0.4) is 0 Å². The number of carbonyl (C=O) groups excluding carboxylic acids is 3. The molecule has 0 spiro atoms. The summed E-state index contributed by atoms with van der Waals surface area (Å²) >= 11 is 0. The Morgan fingerprint density at radius 2 is 2.19 bits per heavy atom. The molecule has 0 aromatic carbocycles. The third-order valence-electron chi connectivity index (χ3n) is 3.26. The SMILES string of the molecule is CC(N)CC12CC(C)N(C(=O)NC1=O)C2=O. The fourth-order valence-corrected chi connectivity index (χ4v) is 2.69. The topological polar surface area (TPSA) is 92.5 Å². The Balaban J connectivity index is 2.41. The zero-order valence-electron chi connectivity index (χ0n) is 9.32. The summed E-state index contributed by atoms with van der Waals surface area (Å²) in [6, 6.07) is -1.10. The van der Waals surface area contributed by atoms with Gasteiger partial charge in [0.2, 0.25) is 11.8 Å². The summed E-state index contributed by atoms with van der Waals surface area (Å²) in [5.74, 6) is -0.897. The molecule has 2 saturated heterocycles. The number of imide groups is 2. The van der Waals surface area contributed by atoms with E-state index in [0.717, 1.165) is 4.90 Å². The van der Waals surface area contributed by atoms with E-state index < -0.39 is 23.3 Å². The van der Waals surface area contributed by atoms with Gasteiger partial charge in [-0.05, 0) is 26.7 Å². The third kappa shape index (κ3) is 1.26. The van der Waals surface area contributed by atoms with Crippen molar-refractivity contribution in [2.45, 2.75) is 38.8 Å². The molecular formula is C10H15N3O3. The van der Waals surface area contributed by atoms with Crippen molar-refractivity contribution in [3.05, 3.63) is 0 Å². The lowest BCUT2D eigenvalue weighted by atomic mass is 9.78. The second kappa shape index (κ2) is 3.28. The van der Waals surface area contributed by atoms with Crippen molar-refractivity contribution in [3.63, 3.8) is 0 Å². The highest BCUT2D eigenvalue weighted by molar-refractivity contribution is 6.20. The molecule has 3 N–H and O–H groups in total. The van der Waals surface area contributed by atoms with Crippen molar-refractivity contribution in [2.75, 3.05) is 0 Å². The van der Waals surface area contributed by atoms with E-state index >= 15 is 0 Å². The summed E-state index contributed by atoms with van der Waals surface area (Å²) in [6.07, 6.45) is 0.650. The molecule has 2 rings (SSSR count). The van der Waals surface area contributed by atoms with Crippen LogP contribution in [0.5, 0.6) is 0 Å². The Morgan fingerprint density at radius 1 is 1.56 bits per heavy atom. The van der Waals surface area contributed by atoms with E-state index in [4.69, 9.17) is 5.73 Å². The number of amides is 4. The number of nitrogens with one attached hydrogen (secondary N) is 1. The monoisotopic (exact) mass is 225 g/mol. The normalized spacial score (nSPS) is 35.3. The summed E-state index contributed by atoms with van der Waals surface area (Å²) in [5.41, 5.74) is 4.55. The summed E-state index contributed by atoms with van der Waals surface area (Å²) < 4.78 is 0. The van der Waals surface area contributed by atoms with Crippen molar-refractivity contribution < 1.29 is 14.4 Å². The molecule has 2 aliphatic heterocycles. The maximum Gasteiger partial charge on any atom is 0.331 e.